The van der Waals surface area contributed by atoms with Crippen molar-refractivity contribution in [2.75, 3.05) is 14.2 Å². The molecule has 4 nitrogen and oxygen atoms in total. The number of methoxy groups -OCH3 is 2. The number of aliphatic hydroxyl groups excluding tert-OH is 1. The van der Waals surface area contributed by atoms with Crippen LogP contribution in [0.4, 0.5) is 0 Å². The van der Waals surface area contributed by atoms with Gasteiger partial charge in [0.25, 0.3) is 0 Å². The average Bonchev–Trinajstić information content (AvgIpc) is 2.38. The average molecular weight is 263 g/mol. The molecule has 0 amide bonds. The van der Waals surface area contributed by atoms with E-state index < -0.39 is 12.0 Å². The second-order valence-electron chi connectivity index (χ2n) is 5.53. The van der Waals surface area contributed by atoms with Gasteiger partial charge in [-0.15, -0.1) is 0 Å². The molecular formula is C15H21NO3. The molecule has 0 aliphatic heterocycles. The Balaban J connectivity index is 3.17. The third kappa shape index (κ3) is 3.39. The summed E-state index contributed by atoms with van der Waals surface area (Å²) in [6.45, 7) is 5.72. The summed E-state index contributed by atoms with van der Waals surface area (Å²) in [5.41, 5.74) is 0.357. The SMILES string of the molecule is COc1ccc(C(C#N)C(O)C(C)(C)C)cc1OC. The number of aliphatic hydroxyl groups is 1. The van der Waals surface area contributed by atoms with E-state index in [2.05, 4.69) is 6.07 Å². The molecule has 0 saturated carbocycles. The van der Waals surface area contributed by atoms with Gasteiger partial charge in [-0.1, -0.05) is 26.8 Å². The number of benzene rings is 1. The van der Waals surface area contributed by atoms with Crippen LogP contribution in [0.25, 0.3) is 0 Å². The smallest absolute Gasteiger partial charge is 0.161 e. The van der Waals surface area contributed by atoms with Crippen LogP contribution >= 0.6 is 0 Å². The Morgan fingerprint density at radius 1 is 1.16 bits per heavy atom. The first kappa shape index (κ1) is 15.3. The minimum absolute atomic E-state index is 0.368. The summed E-state index contributed by atoms with van der Waals surface area (Å²) >= 11 is 0. The highest BCUT2D eigenvalue weighted by Gasteiger charge is 2.32. The highest BCUT2D eigenvalue weighted by Crippen LogP contribution is 2.35. The van der Waals surface area contributed by atoms with Crippen molar-refractivity contribution < 1.29 is 14.6 Å². The van der Waals surface area contributed by atoms with Crippen molar-refractivity contribution in [2.45, 2.75) is 32.8 Å². The Morgan fingerprint density at radius 2 is 1.74 bits per heavy atom. The lowest BCUT2D eigenvalue weighted by Crippen LogP contribution is -2.31. The first-order valence-electron chi connectivity index (χ1n) is 6.14. The van der Waals surface area contributed by atoms with Crippen LogP contribution in [0.1, 0.15) is 32.3 Å². The molecule has 0 heterocycles. The number of rotatable bonds is 4. The van der Waals surface area contributed by atoms with Gasteiger partial charge in [-0.2, -0.15) is 5.26 Å². The van der Waals surface area contributed by atoms with E-state index in [1.807, 2.05) is 20.8 Å². The van der Waals surface area contributed by atoms with Crippen molar-refractivity contribution >= 4 is 0 Å². The van der Waals surface area contributed by atoms with Crippen molar-refractivity contribution in [2.24, 2.45) is 5.41 Å². The van der Waals surface area contributed by atoms with Crippen LogP contribution < -0.4 is 9.47 Å². The summed E-state index contributed by atoms with van der Waals surface area (Å²) < 4.78 is 10.4. The zero-order valence-corrected chi connectivity index (χ0v) is 12.1. The van der Waals surface area contributed by atoms with Gasteiger partial charge in [0.05, 0.1) is 32.3 Å². The minimum Gasteiger partial charge on any atom is -0.493 e. The predicted octanol–water partition coefficient (Wildman–Crippen LogP) is 2.72. The summed E-state index contributed by atoms with van der Waals surface area (Å²) in [5.74, 6) is 0.564. The van der Waals surface area contributed by atoms with Crippen LogP contribution in [-0.2, 0) is 0 Å². The number of hydrogen-bond donors (Lipinski definition) is 1. The molecule has 0 aromatic heterocycles. The molecule has 0 bridgehead atoms. The lowest BCUT2D eigenvalue weighted by atomic mass is 9.79. The summed E-state index contributed by atoms with van der Waals surface area (Å²) in [4.78, 5) is 0. The molecule has 19 heavy (non-hydrogen) atoms. The van der Waals surface area contributed by atoms with E-state index in [1.54, 1.807) is 32.4 Å². The second-order valence-corrected chi connectivity index (χ2v) is 5.53. The summed E-state index contributed by atoms with van der Waals surface area (Å²) in [5, 5.41) is 19.6. The molecule has 1 rings (SSSR count). The van der Waals surface area contributed by atoms with Crippen LogP contribution in [-0.4, -0.2) is 25.4 Å². The topological polar surface area (TPSA) is 62.5 Å². The third-order valence-electron chi connectivity index (χ3n) is 3.11. The molecule has 2 unspecified atom stereocenters. The van der Waals surface area contributed by atoms with Crippen LogP contribution in [0.2, 0.25) is 0 Å². The maximum absolute atomic E-state index is 10.3. The number of nitriles is 1. The molecule has 0 spiro atoms. The number of nitrogens with zero attached hydrogens (tertiary/aromatic N) is 1. The van der Waals surface area contributed by atoms with Gasteiger partial charge in [-0.05, 0) is 23.1 Å². The van der Waals surface area contributed by atoms with E-state index in [-0.39, 0.29) is 5.41 Å². The second kappa shape index (κ2) is 5.94. The molecule has 0 aliphatic rings. The van der Waals surface area contributed by atoms with Gasteiger partial charge < -0.3 is 14.6 Å². The van der Waals surface area contributed by atoms with Crippen LogP contribution in [0.15, 0.2) is 18.2 Å². The lowest BCUT2D eigenvalue weighted by Gasteiger charge is -2.29. The molecule has 0 aliphatic carbocycles. The molecule has 0 radical (unpaired) electrons. The number of hydrogen-bond acceptors (Lipinski definition) is 4. The van der Waals surface area contributed by atoms with Gasteiger partial charge in [-0.25, -0.2) is 0 Å². The monoisotopic (exact) mass is 263 g/mol. The molecule has 2 atom stereocenters. The predicted molar refractivity (Wildman–Crippen MR) is 73.4 cm³/mol. The standard InChI is InChI=1S/C15H21NO3/c1-15(2,3)14(17)11(9-16)10-6-7-12(18-4)13(8-10)19-5/h6-8,11,14,17H,1-5H3. The normalized spacial score (nSPS) is 14.4. The van der Waals surface area contributed by atoms with Crippen molar-refractivity contribution in [3.05, 3.63) is 23.8 Å². The zero-order chi connectivity index (χ0) is 14.6. The largest absolute Gasteiger partial charge is 0.493 e. The minimum atomic E-state index is -0.754. The van der Waals surface area contributed by atoms with E-state index >= 15 is 0 Å². The fourth-order valence-corrected chi connectivity index (χ4v) is 1.87. The Labute approximate surface area is 114 Å². The molecule has 1 N–H and O–H groups in total. The van der Waals surface area contributed by atoms with E-state index in [0.717, 1.165) is 5.56 Å². The lowest BCUT2D eigenvalue weighted by molar-refractivity contribution is 0.0527. The highest BCUT2D eigenvalue weighted by atomic mass is 16.5. The summed E-state index contributed by atoms with van der Waals surface area (Å²) in [7, 11) is 3.10. The van der Waals surface area contributed by atoms with Gasteiger partial charge in [0.2, 0.25) is 0 Å². The van der Waals surface area contributed by atoms with E-state index in [4.69, 9.17) is 9.47 Å². The highest BCUT2D eigenvalue weighted by molar-refractivity contribution is 5.45. The molecular weight excluding hydrogens is 242 g/mol. The van der Waals surface area contributed by atoms with Crippen molar-refractivity contribution in [3.63, 3.8) is 0 Å². The third-order valence-corrected chi connectivity index (χ3v) is 3.11. The molecule has 0 saturated heterocycles. The summed E-state index contributed by atoms with van der Waals surface area (Å²) in [6.07, 6.45) is -0.754. The fraction of sp³-hybridized carbons (Fsp3) is 0.533. The van der Waals surface area contributed by atoms with Gasteiger partial charge in [-0.3, -0.25) is 0 Å². The maximum Gasteiger partial charge on any atom is 0.161 e. The molecule has 4 heteroatoms. The maximum atomic E-state index is 10.3. The van der Waals surface area contributed by atoms with E-state index in [1.165, 1.54) is 0 Å². The first-order chi connectivity index (χ1) is 8.85. The fourth-order valence-electron chi connectivity index (χ4n) is 1.87. The van der Waals surface area contributed by atoms with Gasteiger partial charge in [0.15, 0.2) is 11.5 Å². The van der Waals surface area contributed by atoms with Crippen LogP contribution in [0, 0.1) is 16.7 Å². The van der Waals surface area contributed by atoms with Gasteiger partial charge in [0, 0.05) is 0 Å². The van der Waals surface area contributed by atoms with Gasteiger partial charge >= 0.3 is 0 Å². The van der Waals surface area contributed by atoms with E-state index in [0.29, 0.717) is 11.5 Å². The molecule has 1 aromatic rings. The Morgan fingerprint density at radius 3 is 2.16 bits per heavy atom. The summed E-state index contributed by atoms with van der Waals surface area (Å²) in [6, 6.07) is 7.43. The molecule has 104 valence electrons. The number of ether oxygens (including phenoxy) is 2. The Kier molecular flexibility index (Phi) is 4.79. The van der Waals surface area contributed by atoms with E-state index in [9.17, 15) is 10.4 Å². The molecule has 1 aromatic carbocycles. The van der Waals surface area contributed by atoms with Crippen LogP contribution in [0.5, 0.6) is 11.5 Å². The van der Waals surface area contributed by atoms with Crippen molar-refractivity contribution in [1.82, 2.24) is 0 Å². The van der Waals surface area contributed by atoms with Crippen molar-refractivity contribution in [1.29, 1.82) is 5.26 Å². The van der Waals surface area contributed by atoms with Gasteiger partial charge in [0.1, 0.15) is 0 Å². The Bertz CT molecular complexity index is 471. The molecule has 0 fully saturated rings. The quantitative estimate of drug-likeness (QED) is 0.907. The van der Waals surface area contributed by atoms with Crippen molar-refractivity contribution in [3.8, 4) is 17.6 Å². The zero-order valence-electron chi connectivity index (χ0n) is 12.1. The first-order valence-corrected chi connectivity index (χ1v) is 6.14. The van der Waals surface area contributed by atoms with Crippen LogP contribution in [0.3, 0.4) is 0 Å². The Hall–Kier alpha value is -1.73.